The lowest BCUT2D eigenvalue weighted by atomic mass is 9.91. The van der Waals surface area contributed by atoms with Crippen molar-refractivity contribution in [3.05, 3.63) is 53.6 Å². The minimum absolute atomic E-state index is 0.0192. The molecule has 2 aromatic carbocycles. The molecular weight excluding hydrogens is 336 g/mol. The van der Waals surface area contributed by atoms with E-state index in [0.717, 1.165) is 35.2 Å². The summed E-state index contributed by atoms with van der Waals surface area (Å²) in [5.74, 6) is 0.0811. The molecule has 2 aliphatic rings. The van der Waals surface area contributed by atoms with E-state index in [1.54, 1.807) is 0 Å². The van der Waals surface area contributed by atoms with E-state index in [1.807, 2.05) is 54.0 Å². The van der Waals surface area contributed by atoms with E-state index in [9.17, 15) is 9.59 Å². The third-order valence-electron chi connectivity index (χ3n) is 5.67. The quantitative estimate of drug-likeness (QED) is 0.804. The zero-order valence-electron chi connectivity index (χ0n) is 16.2. The maximum absolute atomic E-state index is 13.6. The second-order valence-electron chi connectivity index (χ2n) is 7.82. The van der Waals surface area contributed by atoms with Crippen LogP contribution in [-0.4, -0.2) is 29.3 Å². The number of anilines is 1. The van der Waals surface area contributed by atoms with E-state index in [0.29, 0.717) is 18.7 Å². The Balaban J connectivity index is 1.93. The first-order valence-electron chi connectivity index (χ1n) is 9.88. The first kappa shape index (κ1) is 17.8. The van der Waals surface area contributed by atoms with E-state index in [-0.39, 0.29) is 17.7 Å². The average molecular weight is 362 g/mol. The van der Waals surface area contributed by atoms with Gasteiger partial charge in [0.1, 0.15) is 6.04 Å². The summed E-state index contributed by atoms with van der Waals surface area (Å²) in [6, 6.07) is 13.6. The molecule has 4 nitrogen and oxygen atoms in total. The molecule has 2 aliphatic heterocycles. The summed E-state index contributed by atoms with van der Waals surface area (Å²) in [5, 5.41) is 0. The Morgan fingerprint density at radius 2 is 1.70 bits per heavy atom. The zero-order chi connectivity index (χ0) is 19.1. The first-order chi connectivity index (χ1) is 13.0. The Morgan fingerprint density at radius 3 is 2.44 bits per heavy atom. The summed E-state index contributed by atoms with van der Waals surface area (Å²) in [6.07, 6.45) is 1.89. The number of hydrogen-bond donors (Lipinski definition) is 0. The number of fused-ring (bicyclic) bond motifs is 2. The molecule has 0 saturated heterocycles. The average Bonchev–Trinajstić information content (AvgIpc) is 2.76. The highest BCUT2D eigenvalue weighted by Gasteiger charge is 2.43. The Bertz CT molecular complexity index is 903. The molecule has 0 spiro atoms. The maximum Gasteiger partial charge on any atom is 0.256 e. The van der Waals surface area contributed by atoms with Crippen molar-refractivity contribution in [2.45, 2.75) is 46.2 Å². The third-order valence-corrected chi connectivity index (χ3v) is 5.67. The van der Waals surface area contributed by atoms with Crippen molar-refractivity contribution >= 4 is 17.5 Å². The Labute approximate surface area is 160 Å². The van der Waals surface area contributed by atoms with Crippen molar-refractivity contribution in [2.24, 2.45) is 5.92 Å². The number of hydrogen-bond acceptors (Lipinski definition) is 2. The second-order valence-corrected chi connectivity index (χ2v) is 7.82. The molecule has 1 unspecified atom stereocenters. The molecule has 27 heavy (non-hydrogen) atoms. The van der Waals surface area contributed by atoms with E-state index in [2.05, 4.69) is 19.1 Å². The van der Waals surface area contributed by atoms with Gasteiger partial charge in [-0.25, -0.2) is 0 Å². The lowest BCUT2D eigenvalue weighted by Crippen LogP contribution is -2.51. The first-order valence-corrected chi connectivity index (χ1v) is 9.88. The highest BCUT2D eigenvalue weighted by Crippen LogP contribution is 2.44. The van der Waals surface area contributed by atoms with Crippen LogP contribution in [0, 0.1) is 5.92 Å². The van der Waals surface area contributed by atoms with E-state index in [4.69, 9.17) is 0 Å². The Morgan fingerprint density at radius 1 is 1.00 bits per heavy atom. The van der Waals surface area contributed by atoms with E-state index in [1.165, 1.54) is 0 Å². The third kappa shape index (κ3) is 2.75. The van der Waals surface area contributed by atoms with Gasteiger partial charge in [-0.1, -0.05) is 63.6 Å². The van der Waals surface area contributed by atoms with Crippen molar-refractivity contribution in [2.75, 3.05) is 11.4 Å². The largest absolute Gasteiger partial charge is 0.326 e. The summed E-state index contributed by atoms with van der Waals surface area (Å²) < 4.78 is 0. The minimum atomic E-state index is -0.422. The number of benzene rings is 2. The summed E-state index contributed by atoms with van der Waals surface area (Å²) in [6.45, 7) is 7.32. The molecule has 0 aromatic heterocycles. The van der Waals surface area contributed by atoms with Crippen LogP contribution in [0.4, 0.5) is 5.69 Å². The summed E-state index contributed by atoms with van der Waals surface area (Å²) >= 11 is 0. The van der Waals surface area contributed by atoms with Crippen LogP contribution in [-0.2, 0) is 11.3 Å². The molecule has 2 aromatic rings. The van der Waals surface area contributed by atoms with Crippen LogP contribution in [0.3, 0.4) is 0 Å². The smallest absolute Gasteiger partial charge is 0.256 e. The van der Waals surface area contributed by atoms with Gasteiger partial charge in [0.25, 0.3) is 5.91 Å². The monoisotopic (exact) mass is 362 g/mol. The summed E-state index contributed by atoms with van der Waals surface area (Å²) in [4.78, 5) is 30.8. The van der Waals surface area contributed by atoms with Gasteiger partial charge in [-0.2, -0.15) is 0 Å². The summed E-state index contributed by atoms with van der Waals surface area (Å²) in [5.41, 5.74) is 4.67. The second kappa shape index (κ2) is 6.84. The molecule has 2 heterocycles. The van der Waals surface area contributed by atoms with Crippen LogP contribution < -0.4 is 4.90 Å². The van der Waals surface area contributed by atoms with Gasteiger partial charge in [0.05, 0.1) is 17.8 Å². The van der Waals surface area contributed by atoms with Crippen LogP contribution in [0.25, 0.3) is 11.1 Å². The molecular formula is C23H26N2O2. The SMILES string of the molecule is CCCCN1C(=O)c2cccc3c2N(Cc2ccccc2-3)C(=O)C1C(C)C. The van der Waals surface area contributed by atoms with Crippen molar-refractivity contribution in [1.82, 2.24) is 4.90 Å². The number of rotatable bonds is 4. The highest BCUT2D eigenvalue weighted by molar-refractivity contribution is 6.15. The molecule has 4 rings (SSSR count). The predicted molar refractivity (Wildman–Crippen MR) is 108 cm³/mol. The molecule has 0 radical (unpaired) electrons. The van der Waals surface area contributed by atoms with Crippen LogP contribution in [0.1, 0.15) is 49.5 Å². The summed E-state index contributed by atoms with van der Waals surface area (Å²) in [7, 11) is 0. The van der Waals surface area contributed by atoms with Gasteiger partial charge < -0.3 is 9.80 Å². The van der Waals surface area contributed by atoms with Crippen LogP contribution in [0.2, 0.25) is 0 Å². The number of unbranched alkanes of at least 4 members (excludes halogenated alkanes) is 1. The molecule has 4 heteroatoms. The van der Waals surface area contributed by atoms with E-state index >= 15 is 0 Å². The molecule has 2 amide bonds. The van der Waals surface area contributed by atoms with Gasteiger partial charge in [0, 0.05) is 12.1 Å². The van der Waals surface area contributed by atoms with Gasteiger partial charge in [-0.05, 0) is 29.5 Å². The fourth-order valence-corrected chi connectivity index (χ4v) is 4.37. The number of carbonyl (C=O) groups excluding carboxylic acids is 2. The van der Waals surface area contributed by atoms with Gasteiger partial charge in [0.2, 0.25) is 5.91 Å². The normalized spacial score (nSPS) is 18.4. The Kier molecular flexibility index (Phi) is 4.50. The van der Waals surface area contributed by atoms with Crippen LogP contribution in [0.5, 0.6) is 0 Å². The molecule has 0 saturated carbocycles. The van der Waals surface area contributed by atoms with Gasteiger partial charge in [0.15, 0.2) is 0 Å². The lowest BCUT2D eigenvalue weighted by molar-refractivity contribution is -0.124. The fourth-order valence-electron chi connectivity index (χ4n) is 4.37. The number of carbonyl (C=O) groups is 2. The zero-order valence-corrected chi connectivity index (χ0v) is 16.2. The fraction of sp³-hybridized carbons (Fsp3) is 0.391. The van der Waals surface area contributed by atoms with Crippen molar-refractivity contribution < 1.29 is 9.59 Å². The molecule has 0 aliphatic carbocycles. The van der Waals surface area contributed by atoms with Crippen LogP contribution >= 0.6 is 0 Å². The number of amides is 2. The molecule has 140 valence electrons. The molecule has 0 bridgehead atoms. The standard InChI is InChI=1S/C23H26N2O2/c1-4-5-13-24-20(15(2)3)23(27)25-14-16-9-6-7-10-17(16)18-11-8-12-19(21(18)25)22(24)26/h6-12,15,20H,4-5,13-14H2,1-3H3. The Hall–Kier alpha value is -2.62. The number of para-hydroxylation sites is 1. The topological polar surface area (TPSA) is 40.6 Å². The van der Waals surface area contributed by atoms with Crippen molar-refractivity contribution in [3.63, 3.8) is 0 Å². The molecule has 0 fully saturated rings. The van der Waals surface area contributed by atoms with E-state index < -0.39 is 6.04 Å². The minimum Gasteiger partial charge on any atom is -0.326 e. The maximum atomic E-state index is 13.6. The van der Waals surface area contributed by atoms with Gasteiger partial charge >= 0.3 is 0 Å². The van der Waals surface area contributed by atoms with Crippen LogP contribution in [0.15, 0.2) is 42.5 Å². The van der Waals surface area contributed by atoms with Crippen molar-refractivity contribution in [3.8, 4) is 11.1 Å². The lowest BCUT2D eigenvalue weighted by Gasteiger charge is -2.35. The highest BCUT2D eigenvalue weighted by atomic mass is 16.2. The number of nitrogens with zero attached hydrogens (tertiary/aromatic N) is 2. The van der Waals surface area contributed by atoms with Gasteiger partial charge in [-0.15, -0.1) is 0 Å². The van der Waals surface area contributed by atoms with Crippen molar-refractivity contribution in [1.29, 1.82) is 0 Å². The predicted octanol–water partition coefficient (Wildman–Crippen LogP) is 4.48. The van der Waals surface area contributed by atoms with Gasteiger partial charge in [-0.3, -0.25) is 9.59 Å². The molecule has 0 N–H and O–H groups in total. The molecule has 1 atom stereocenters.